The second-order valence-electron chi connectivity index (χ2n) is 6.61. The molecule has 0 aromatic rings. The summed E-state index contributed by atoms with van der Waals surface area (Å²) in [5, 5.41) is 22.8. The van der Waals surface area contributed by atoms with Crippen LogP contribution >= 0.6 is 0 Å². The van der Waals surface area contributed by atoms with Crippen LogP contribution in [0.3, 0.4) is 0 Å². The number of carbonyl (C=O) groups is 5. The Hall–Kier alpha value is -2.73. The highest BCUT2D eigenvalue weighted by atomic mass is 16.4. The largest absolute Gasteiger partial charge is 0.480 e. The molecule has 12 nitrogen and oxygen atoms in total. The number of hydrogen-bond donors (Lipinski definition) is 6. The number of nitrogens with zero attached hydrogens (tertiary/aromatic N) is 1. The molecule has 0 radical (unpaired) electrons. The summed E-state index contributed by atoms with van der Waals surface area (Å²) in [6.45, 7) is 1.12. The Bertz CT molecular complexity index is 627. The van der Waals surface area contributed by atoms with E-state index in [1.165, 1.54) is 11.8 Å². The van der Waals surface area contributed by atoms with Gasteiger partial charge in [0.1, 0.15) is 24.2 Å². The average Bonchev–Trinajstić information content (AvgIpc) is 3.12. The summed E-state index contributed by atoms with van der Waals surface area (Å²) in [4.78, 5) is 60.0. The first kappa shape index (κ1) is 23.3. The van der Waals surface area contributed by atoms with Gasteiger partial charge in [-0.05, 0) is 26.2 Å². The van der Waals surface area contributed by atoms with Gasteiger partial charge >= 0.3 is 5.97 Å². The van der Waals surface area contributed by atoms with Gasteiger partial charge in [0.05, 0.1) is 6.61 Å². The topological polar surface area (TPSA) is 205 Å². The van der Waals surface area contributed by atoms with Crippen LogP contribution in [0.15, 0.2) is 0 Å². The van der Waals surface area contributed by atoms with Gasteiger partial charge in [-0.1, -0.05) is 0 Å². The van der Waals surface area contributed by atoms with Gasteiger partial charge in [0, 0.05) is 13.0 Å². The maximum atomic E-state index is 12.5. The molecule has 0 bridgehead atoms. The molecule has 1 fully saturated rings. The number of aliphatic carboxylic acids is 1. The zero-order valence-electron chi connectivity index (χ0n) is 15.6. The number of hydrogen-bond acceptors (Lipinski definition) is 7. The maximum Gasteiger partial charge on any atom is 0.326 e. The Morgan fingerprint density at radius 1 is 1.21 bits per heavy atom. The molecule has 1 heterocycles. The predicted molar refractivity (Wildman–Crippen MR) is 95.4 cm³/mol. The van der Waals surface area contributed by atoms with E-state index in [0.717, 1.165) is 0 Å². The molecular weight excluding hydrogens is 374 g/mol. The standard InChI is InChI=1S/C16H27N5O7/c1-8(13(24)20-10(16(27)28)4-5-12(18)23)19-14(25)11-3-2-6-21(11)15(26)9(17)7-22/h8-11,22H,2-7,17H2,1H3,(H2,18,23)(H,19,25)(H,20,24)(H,27,28). The number of nitrogens with two attached hydrogens (primary N) is 2. The molecule has 0 saturated carbocycles. The van der Waals surface area contributed by atoms with E-state index in [9.17, 15) is 24.0 Å². The van der Waals surface area contributed by atoms with Crippen molar-refractivity contribution in [1.29, 1.82) is 0 Å². The third-order valence-corrected chi connectivity index (χ3v) is 4.40. The maximum absolute atomic E-state index is 12.5. The van der Waals surface area contributed by atoms with Crippen LogP contribution in [0.5, 0.6) is 0 Å². The SMILES string of the molecule is CC(NC(=O)C1CCCN1C(=O)C(N)CO)C(=O)NC(CCC(N)=O)C(=O)O. The second-order valence-corrected chi connectivity index (χ2v) is 6.61. The number of rotatable bonds is 10. The first-order valence-electron chi connectivity index (χ1n) is 8.87. The van der Waals surface area contributed by atoms with Crippen molar-refractivity contribution >= 4 is 29.6 Å². The fourth-order valence-electron chi connectivity index (χ4n) is 2.81. The summed E-state index contributed by atoms with van der Waals surface area (Å²) in [5.74, 6) is -3.93. The summed E-state index contributed by atoms with van der Waals surface area (Å²) >= 11 is 0. The molecule has 4 unspecified atom stereocenters. The van der Waals surface area contributed by atoms with Crippen molar-refractivity contribution in [3.8, 4) is 0 Å². The molecule has 8 N–H and O–H groups in total. The van der Waals surface area contributed by atoms with Crippen molar-refractivity contribution in [2.24, 2.45) is 11.5 Å². The molecule has 0 aromatic heterocycles. The number of likely N-dealkylation sites (tertiary alicyclic amines) is 1. The number of nitrogens with one attached hydrogen (secondary N) is 2. The number of aliphatic hydroxyl groups is 1. The molecule has 12 heteroatoms. The van der Waals surface area contributed by atoms with E-state index in [1.54, 1.807) is 0 Å². The van der Waals surface area contributed by atoms with E-state index in [1.807, 2.05) is 0 Å². The number of carboxylic acid groups (broad SMARTS) is 1. The van der Waals surface area contributed by atoms with Gasteiger partial charge in [0.15, 0.2) is 0 Å². The summed E-state index contributed by atoms with van der Waals surface area (Å²) in [6.07, 6.45) is 0.542. The Kier molecular flexibility index (Phi) is 8.79. The van der Waals surface area contributed by atoms with Crippen LogP contribution < -0.4 is 22.1 Å². The van der Waals surface area contributed by atoms with Crippen LogP contribution in [0.4, 0.5) is 0 Å². The number of carboxylic acids is 1. The molecule has 0 spiro atoms. The van der Waals surface area contributed by atoms with Gasteiger partial charge in [-0.15, -0.1) is 0 Å². The lowest BCUT2D eigenvalue weighted by Gasteiger charge is -2.27. The molecule has 1 saturated heterocycles. The van der Waals surface area contributed by atoms with Crippen molar-refractivity contribution in [2.75, 3.05) is 13.2 Å². The van der Waals surface area contributed by atoms with Gasteiger partial charge in [-0.2, -0.15) is 0 Å². The minimum Gasteiger partial charge on any atom is -0.480 e. The summed E-state index contributed by atoms with van der Waals surface area (Å²) in [6, 6.07) is -4.36. The molecule has 1 aliphatic heterocycles. The van der Waals surface area contributed by atoms with Gasteiger partial charge in [-0.3, -0.25) is 19.2 Å². The lowest BCUT2D eigenvalue weighted by Crippen LogP contribution is -2.56. The van der Waals surface area contributed by atoms with Gasteiger partial charge in [0.2, 0.25) is 23.6 Å². The Morgan fingerprint density at radius 2 is 1.86 bits per heavy atom. The first-order chi connectivity index (χ1) is 13.1. The molecule has 28 heavy (non-hydrogen) atoms. The van der Waals surface area contributed by atoms with Crippen molar-refractivity contribution in [3.63, 3.8) is 0 Å². The van der Waals surface area contributed by atoms with E-state index in [-0.39, 0.29) is 12.8 Å². The summed E-state index contributed by atoms with van der Waals surface area (Å²) in [5.41, 5.74) is 10.5. The second kappa shape index (κ2) is 10.6. The highest BCUT2D eigenvalue weighted by molar-refractivity contribution is 5.94. The van der Waals surface area contributed by atoms with Crippen molar-refractivity contribution in [2.45, 2.75) is 56.8 Å². The molecule has 4 amide bonds. The predicted octanol–water partition coefficient (Wildman–Crippen LogP) is -3.36. The van der Waals surface area contributed by atoms with E-state index in [0.29, 0.717) is 19.4 Å². The smallest absolute Gasteiger partial charge is 0.326 e. The number of amides is 4. The molecule has 0 aliphatic carbocycles. The molecule has 1 aliphatic rings. The highest BCUT2D eigenvalue weighted by Crippen LogP contribution is 2.18. The molecule has 0 aromatic carbocycles. The number of carbonyl (C=O) groups excluding carboxylic acids is 4. The van der Waals surface area contributed by atoms with Crippen LogP contribution in [0.1, 0.15) is 32.6 Å². The van der Waals surface area contributed by atoms with Crippen LogP contribution in [-0.2, 0) is 24.0 Å². The van der Waals surface area contributed by atoms with E-state index in [2.05, 4.69) is 10.6 Å². The summed E-state index contributed by atoms with van der Waals surface area (Å²) in [7, 11) is 0. The van der Waals surface area contributed by atoms with Crippen LogP contribution in [-0.4, -0.2) is 82.0 Å². The van der Waals surface area contributed by atoms with Crippen LogP contribution in [0.2, 0.25) is 0 Å². The van der Waals surface area contributed by atoms with Crippen molar-refractivity contribution in [1.82, 2.24) is 15.5 Å². The highest BCUT2D eigenvalue weighted by Gasteiger charge is 2.37. The van der Waals surface area contributed by atoms with Crippen LogP contribution in [0, 0.1) is 0 Å². The Morgan fingerprint density at radius 3 is 2.39 bits per heavy atom. The van der Waals surface area contributed by atoms with Crippen molar-refractivity contribution < 1.29 is 34.2 Å². The lowest BCUT2D eigenvalue weighted by molar-refractivity contribution is -0.143. The zero-order chi connectivity index (χ0) is 21.4. The van der Waals surface area contributed by atoms with E-state index >= 15 is 0 Å². The molecule has 1 rings (SSSR count). The minimum atomic E-state index is -1.33. The summed E-state index contributed by atoms with van der Waals surface area (Å²) < 4.78 is 0. The first-order valence-corrected chi connectivity index (χ1v) is 8.87. The monoisotopic (exact) mass is 401 g/mol. The van der Waals surface area contributed by atoms with Gasteiger partial charge in [0.25, 0.3) is 0 Å². The van der Waals surface area contributed by atoms with Gasteiger partial charge < -0.3 is 37.2 Å². The fraction of sp³-hybridized carbons (Fsp3) is 0.688. The quantitative estimate of drug-likeness (QED) is 0.217. The number of primary amides is 1. The third kappa shape index (κ3) is 6.46. The van der Waals surface area contributed by atoms with E-state index in [4.69, 9.17) is 21.7 Å². The number of aliphatic hydroxyl groups excluding tert-OH is 1. The van der Waals surface area contributed by atoms with Crippen LogP contribution in [0.25, 0.3) is 0 Å². The average molecular weight is 401 g/mol. The fourth-order valence-corrected chi connectivity index (χ4v) is 2.81. The normalized spacial score (nSPS) is 19.4. The lowest BCUT2D eigenvalue weighted by atomic mass is 10.1. The molecule has 4 atom stereocenters. The minimum absolute atomic E-state index is 0.180. The molecule has 158 valence electrons. The Balaban J connectivity index is 2.66. The molecular formula is C16H27N5O7. The van der Waals surface area contributed by atoms with Crippen molar-refractivity contribution in [3.05, 3.63) is 0 Å². The Labute approximate surface area is 161 Å². The van der Waals surface area contributed by atoms with Gasteiger partial charge in [-0.25, -0.2) is 4.79 Å². The zero-order valence-corrected chi connectivity index (χ0v) is 15.6. The van der Waals surface area contributed by atoms with E-state index < -0.39 is 60.4 Å². The third-order valence-electron chi connectivity index (χ3n) is 4.40.